The minimum absolute atomic E-state index is 0.0348. The molecule has 1 aromatic heterocycles. The Labute approximate surface area is 145 Å². The third kappa shape index (κ3) is 3.44. The van der Waals surface area contributed by atoms with Crippen LogP contribution in [-0.4, -0.2) is 16.9 Å². The number of aromatic amines is 1. The van der Waals surface area contributed by atoms with E-state index in [4.69, 9.17) is 11.6 Å². The molecule has 1 aliphatic rings. The molecule has 0 spiro atoms. The van der Waals surface area contributed by atoms with Gasteiger partial charge in [-0.05, 0) is 43.5 Å². The zero-order chi connectivity index (χ0) is 17.3. The van der Waals surface area contributed by atoms with Crippen LogP contribution >= 0.6 is 11.6 Å². The highest BCUT2D eigenvalue weighted by molar-refractivity contribution is 6.30. The summed E-state index contributed by atoms with van der Waals surface area (Å²) in [4.78, 5) is 26.3. The molecule has 1 amide bonds. The predicted octanol–water partition coefficient (Wildman–Crippen LogP) is 3.36. The van der Waals surface area contributed by atoms with Gasteiger partial charge in [0.05, 0.1) is 0 Å². The van der Waals surface area contributed by atoms with E-state index in [2.05, 4.69) is 16.4 Å². The molecule has 1 aliphatic heterocycles. The summed E-state index contributed by atoms with van der Waals surface area (Å²) in [6, 6.07) is 9.54. The van der Waals surface area contributed by atoms with Gasteiger partial charge in [0.15, 0.2) is 0 Å². The highest BCUT2D eigenvalue weighted by Crippen LogP contribution is 2.27. The smallest absolute Gasteiger partial charge is 0.267 e. The fourth-order valence-electron chi connectivity index (χ4n) is 3.02. The zero-order valence-electron chi connectivity index (χ0n) is 13.7. The van der Waals surface area contributed by atoms with Gasteiger partial charge in [0.1, 0.15) is 5.02 Å². The first-order valence-corrected chi connectivity index (χ1v) is 8.30. The van der Waals surface area contributed by atoms with Crippen LogP contribution in [0.1, 0.15) is 35.2 Å². The third-order valence-corrected chi connectivity index (χ3v) is 4.52. The van der Waals surface area contributed by atoms with E-state index in [0.717, 1.165) is 23.1 Å². The van der Waals surface area contributed by atoms with Crippen LogP contribution in [-0.2, 0) is 4.79 Å². The summed E-state index contributed by atoms with van der Waals surface area (Å²) in [5.74, 6) is 0.0563. The van der Waals surface area contributed by atoms with Crippen LogP contribution in [0.3, 0.4) is 0 Å². The van der Waals surface area contributed by atoms with E-state index >= 15 is 0 Å². The molecule has 124 valence electrons. The number of rotatable bonds is 3. The lowest BCUT2D eigenvalue weighted by atomic mass is 9.94. The second kappa shape index (κ2) is 6.65. The molecule has 5 heteroatoms. The lowest BCUT2D eigenvalue weighted by Crippen LogP contribution is -2.23. The normalized spacial score (nSPS) is 17.9. The van der Waals surface area contributed by atoms with Crippen molar-refractivity contribution in [2.75, 3.05) is 0 Å². The molecule has 24 heavy (non-hydrogen) atoms. The van der Waals surface area contributed by atoms with Crippen LogP contribution in [0.5, 0.6) is 0 Å². The number of amides is 1. The Morgan fingerprint density at radius 3 is 2.62 bits per heavy atom. The number of aromatic nitrogens is 1. The molecular formula is C19H19ClN2O2. The average molecular weight is 343 g/mol. The Bertz CT molecular complexity index is 883. The maximum Gasteiger partial charge on any atom is 0.267 e. The van der Waals surface area contributed by atoms with Crippen molar-refractivity contribution >= 4 is 23.1 Å². The average Bonchev–Trinajstić information content (AvgIpc) is 2.94. The Balaban J connectivity index is 2.13. The first-order chi connectivity index (χ1) is 11.4. The third-order valence-electron chi connectivity index (χ3n) is 4.22. The summed E-state index contributed by atoms with van der Waals surface area (Å²) in [5, 5.41) is 3.11. The topological polar surface area (TPSA) is 62.0 Å². The second-order valence-corrected chi connectivity index (χ2v) is 6.57. The molecule has 0 saturated carbocycles. The van der Waals surface area contributed by atoms with Crippen LogP contribution in [0.25, 0.3) is 5.57 Å². The van der Waals surface area contributed by atoms with Crippen molar-refractivity contribution in [1.29, 1.82) is 0 Å². The zero-order valence-corrected chi connectivity index (χ0v) is 14.4. The van der Waals surface area contributed by atoms with E-state index in [9.17, 15) is 9.59 Å². The molecule has 0 radical (unpaired) electrons. The summed E-state index contributed by atoms with van der Waals surface area (Å²) in [6.45, 7) is 4.08. The Kier molecular flexibility index (Phi) is 4.58. The molecule has 0 aliphatic carbocycles. The Morgan fingerprint density at radius 2 is 2.00 bits per heavy atom. The monoisotopic (exact) mass is 342 g/mol. The minimum Gasteiger partial charge on any atom is -0.350 e. The number of hydrogen-bond donors (Lipinski definition) is 2. The molecule has 0 unspecified atom stereocenters. The van der Waals surface area contributed by atoms with Crippen molar-refractivity contribution in [3.63, 3.8) is 0 Å². The fourth-order valence-corrected chi connectivity index (χ4v) is 3.13. The number of pyridine rings is 1. The van der Waals surface area contributed by atoms with Gasteiger partial charge in [0.2, 0.25) is 5.91 Å². The maximum absolute atomic E-state index is 11.9. The van der Waals surface area contributed by atoms with Gasteiger partial charge in [0, 0.05) is 23.7 Å². The first kappa shape index (κ1) is 16.5. The molecule has 2 heterocycles. The van der Waals surface area contributed by atoms with Gasteiger partial charge in [-0.25, -0.2) is 0 Å². The first-order valence-electron chi connectivity index (χ1n) is 7.92. The maximum atomic E-state index is 11.9. The molecule has 4 nitrogen and oxygen atoms in total. The fraction of sp³-hybridized carbons (Fsp3) is 0.263. The molecule has 2 aromatic rings. The van der Waals surface area contributed by atoms with Crippen molar-refractivity contribution in [3.8, 4) is 0 Å². The highest BCUT2D eigenvalue weighted by atomic mass is 35.5. The quantitative estimate of drug-likeness (QED) is 0.898. The van der Waals surface area contributed by atoms with Crippen LogP contribution in [0.2, 0.25) is 5.02 Å². The molecular weight excluding hydrogens is 324 g/mol. The standard InChI is InChI=1S/C19H19ClN2O2/c1-11-3-5-14(12(2)9-11)15(10-13-4-8-18(23)21-13)17-7-6-16(20)19(24)22-17/h3,5-7,9-10,13H,4,8H2,1-2H3,(H,21,23)(H,22,24)/b15-10-/t13-/m1/s1. The summed E-state index contributed by atoms with van der Waals surface area (Å²) in [5.41, 5.74) is 4.58. The Hall–Kier alpha value is -2.33. The van der Waals surface area contributed by atoms with Gasteiger partial charge in [-0.3, -0.25) is 9.59 Å². The number of nitrogens with one attached hydrogen (secondary N) is 2. The summed E-state index contributed by atoms with van der Waals surface area (Å²) < 4.78 is 0. The molecule has 1 saturated heterocycles. The second-order valence-electron chi connectivity index (χ2n) is 6.16. The minimum atomic E-state index is -0.319. The van der Waals surface area contributed by atoms with Gasteiger partial charge in [0.25, 0.3) is 5.56 Å². The number of halogens is 1. The van der Waals surface area contributed by atoms with Gasteiger partial charge < -0.3 is 10.3 Å². The van der Waals surface area contributed by atoms with Crippen molar-refractivity contribution in [2.45, 2.75) is 32.7 Å². The number of hydrogen-bond acceptors (Lipinski definition) is 2. The molecule has 1 aromatic carbocycles. The summed E-state index contributed by atoms with van der Waals surface area (Å²) >= 11 is 5.85. The predicted molar refractivity (Wildman–Crippen MR) is 96.2 cm³/mol. The van der Waals surface area contributed by atoms with E-state index in [0.29, 0.717) is 12.1 Å². The van der Waals surface area contributed by atoms with E-state index in [-0.39, 0.29) is 22.5 Å². The van der Waals surface area contributed by atoms with Crippen LogP contribution in [0.4, 0.5) is 0 Å². The largest absolute Gasteiger partial charge is 0.350 e. The van der Waals surface area contributed by atoms with Crippen LogP contribution < -0.4 is 10.9 Å². The highest BCUT2D eigenvalue weighted by Gasteiger charge is 2.21. The van der Waals surface area contributed by atoms with Gasteiger partial charge >= 0.3 is 0 Å². The molecule has 0 bridgehead atoms. The number of carbonyl (C=O) groups is 1. The van der Waals surface area contributed by atoms with E-state index in [1.165, 1.54) is 5.56 Å². The number of aryl methyl sites for hydroxylation is 2. The van der Waals surface area contributed by atoms with Crippen LogP contribution in [0, 0.1) is 13.8 Å². The van der Waals surface area contributed by atoms with E-state index < -0.39 is 0 Å². The lowest BCUT2D eigenvalue weighted by molar-refractivity contribution is -0.119. The molecule has 1 fully saturated rings. The summed E-state index contributed by atoms with van der Waals surface area (Å²) in [7, 11) is 0. The molecule has 3 rings (SSSR count). The van der Waals surface area contributed by atoms with E-state index in [1.807, 2.05) is 32.1 Å². The molecule has 2 N–H and O–H groups in total. The van der Waals surface area contributed by atoms with Gasteiger partial charge in [-0.1, -0.05) is 41.4 Å². The van der Waals surface area contributed by atoms with E-state index in [1.54, 1.807) is 12.1 Å². The molecule has 1 atom stereocenters. The number of H-pyrrole nitrogens is 1. The van der Waals surface area contributed by atoms with Crippen molar-refractivity contribution in [3.05, 3.63) is 74.2 Å². The van der Waals surface area contributed by atoms with Crippen molar-refractivity contribution < 1.29 is 4.79 Å². The van der Waals surface area contributed by atoms with Crippen molar-refractivity contribution in [2.24, 2.45) is 0 Å². The summed E-state index contributed by atoms with van der Waals surface area (Å²) in [6.07, 6.45) is 3.30. The van der Waals surface area contributed by atoms with Crippen LogP contribution in [0.15, 0.2) is 41.2 Å². The SMILES string of the molecule is Cc1ccc(/C(=C/[C@H]2CCC(=O)N2)c2ccc(Cl)c(=O)[nH]2)c(C)c1. The van der Waals surface area contributed by atoms with Gasteiger partial charge in [-0.15, -0.1) is 0 Å². The van der Waals surface area contributed by atoms with Crippen molar-refractivity contribution in [1.82, 2.24) is 10.3 Å². The number of carbonyl (C=O) groups excluding carboxylic acids is 1. The lowest BCUT2D eigenvalue weighted by Gasteiger charge is -2.15. The Morgan fingerprint density at radius 1 is 1.21 bits per heavy atom. The van der Waals surface area contributed by atoms with Gasteiger partial charge in [-0.2, -0.15) is 0 Å². The number of benzene rings is 1.